The molecule has 1 fully saturated rings. The lowest BCUT2D eigenvalue weighted by molar-refractivity contribution is 0.0941. The van der Waals surface area contributed by atoms with Crippen LogP contribution in [0.3, 0.4) is 0 Å². The van der Waals surface area contributed by atoms with Gasteiger partial charge in [-0.1, -0.05) is 6.07 Å². The van der Waals surface area contributed by atoms with Crippen LogP contribution in [-0.4, -0.2) is 46.7 Å². The molecule has 5 nitrogen and oxygen atoms in total. The van der Waals surface area contributed by atoms with Gasteiger partial charge >= 0.3 is 0 Å². The predicted octanol–water partition coefficient (Wildman–Crippen LogP) is 1.56. The number of nitrogens with one attached hydrogen (secondary N) is 1. The van der Waals surface area contributed by atoms with Gasteiger partial charge in [0.1, 0.15) is 17.1 Å². The normalized spacial score (nSPS) is 19.4. The Morgan fingerprint density at radius 2 is 2.05 bits per heavy atom. The van der Waals surface area contributed by atoms with Gasteiger partial charge in [-0.3, -0.25) is 4.79 Å². The number of phenolic OH excluding ortho intramolecular Hbond substituents is 2. The molecular formula is C15H22N2O3. The lowest BCUT2D eigenvalue weighted by atomic mass is 10.1. The summed E-state index contributed by atoms with van der Waals surface area (Å²) in [4.78, 5) is 14.4. The van der Waals surface area contributed by atoms with Crippen molar-refractivity contribution in [3.8, 4) is 11.5 Å². The zero-order valence-corrected chi connectivity index (χ0v) is 12.0. The van der Waals surface area contributed by atoms with Crippen molar-refractivity contribution in [2.75, 3.05) is 19.6 Å². The molecule has 3 N–H and O–H groups in total. The van der Waals surface area contributed by atoms with Gasteiger partial charge in [-0.05, 0) is 44.9 Å². The molecule has 20 heavy (non-hydrogen) atoms. The molecule has 1 aliphatic rings. The van der Waals surface area contributed by atoms with Gasteiger partial charge < -0.3 is 20.4 Å². The number of phenols is 2. The highest BCUT2D eigenvalue weighted by Crippen LogP contribution is 2.26. The van der Waals surface area contributed by atoms with E-state index in [-0.39, 0.29) is 17.1 Å². The van der Waals surface area contributed by atoms with Crippen LogP contribution in [0.5, 0.6) is 11.5 Å². The highest BCUT2D eigenvalue weighted by Gasteiger charge is 2.25. The van der Waals surface area contributed by atoms with Crippen molar-refractivity contribution >= 4 is 5.91 Å². The Morgan fingerprint density at radius 1 is 1.40 bits per heavy atom. The summed E-state index contributed by atoms with van der Waals surface area (Å²) in [6.07, 6.45) is 1.06. The molecule has 2 rings (SSSR count). The van der Waals surface area contributed by atoms with Crippen molar-refractivity contribution in [2.24, 2.45) is 5.92 Å². The molecule has 5 heteroatoms. The Morgan fingerprint density at radius 3 is 2.60 bits per heavy atom. The van der Waals surface area contributed by atoms with Gasteiger partial charge in [-0.2, -0.15) is 0 Å². The Bertz CT molecular complexity index is 468. The molecular weight excluding hydrogens is 256 g/mol. The number of carbonyl (C=O) groups excluding carboxylic acids is 1. The summed E-state index contributed by atoms with van der Waals surface area (Å²) in [5.74, 6) is -0.395. The van der Waals surface area contributed by atoms with E-state index in [2.05, 4.69) is 24.1 Å². The first-order chi connectivity index (χ1) is 9.49. The predicted molar refractivity (Wildman–Crippen MR) is 76.9 cm³/mol. The minimum Gasteiger partial charge on any atom is -0.507 e. The van der Waals surface area contributed by atoms with E-state index in [1.54, 1.807) is 0 Å². The number of rotatable bonds is 4. The van der Waals surface area contributed by atoms with E-state index in [1.807, 2.05) is 0 Å². The lowest BCUT2D eigenvalue weighted by Crippen LogP contribution is -2.33. The summed E-state index contributed by atoms with van der Waals surface area (Å²) in [6.45, 7) is 6.93. The summed E-state index contributed by atoms with van der Waals surface area (Å²) < 4.78 is 0. The van der Waals surface area contributed by atoms with E-state index < -0.39 is 5.91 Å². The molecule has 0 aromatic heterocycles. The van der Waals surface area contributed by atoms with E-state index in [0.717, 1.165) is 19.5 Å². The van der Waals surface area contributed by atoms with Crippen LogP contribution >= 0.6 is 0 Å². The average Bonchev–Trinajstić information content (AvgIpc) is 2.85. The van der Waals surface area contributed by atoms with Crippen molar-refractivity contribution in [3.63, 3.8) is 0 Å². The molecule has 0 bridgehead atoms. The van der Waals surface area contributed by atoms with E-state index in [9.17, 15) is 15.0 Å². The van der Waals surface area contributed by atoms with Crippen LogP contribution in [0, 0.1) is 5.92 Å². The second kappa shape index (κ2) is 6.13. The Hall–Kier alpha value is -1.75. The minimum atomic E-state index is -0.427. The van der Waals surface area contributed by atoms with Gasteiger partial charge in [0, 0.05) is 19.1 Å². The van der Waals surface area contributed by atoms with Crippen LogP contribution in [0.2, 0.25) is 0 Å². The SMILES string of the molecule is CC(C)N1CCC(CNC(=O)c2c(O)cccc2O)C1. The molecule has 0 spiro atoms. The van der Waals surface area contributed by atoms with Gasteiger partial charge in [-0.15, -0.1) is 0 Å². The first-order valence-electron chi connectivity index (χ1n) is 7.02. The maximum absolute atomic E-state index is 12.0. The zero-order valence-electron chi connectivity index (χ0n) is 12.0. The number of aromatic hydroxyl groups is 2. The van der Waals surface area contributed by atoms with Gasteiger partial charge in [0.2, 0.25) is 0 Å². The van der Waals surface area contributed by atoms with E-state index in [1.165, 1.54) is 18.2 Å². The molecule has 1 aromatic rings. The molecule has 1 atom stereocenters. The molecule has 1 aromatic carbocycles. The number of carbonyl (C=O) groups is 1. The molecule has 0 radical (unpaired) electrons. The van der Waals surface area contributed by atoms with Gasteiger partial charge in [-0.25, -0.2) is 0 Å². The molecule has 0 saturated carbocycles. The van der Waals surface area contributed by atoms with Crippen LogP contribution in [0.4, 0.5) is 0 Å². The summed E-state index contributed by atoms with van der Waals surface area (Å²) >= 11 is 0. The standard InChI is InChI=1S/C15H22N2O3/c1-10(2)17-7-6-11(9-17)8-16-15(20)14-12(18)4-3-5-13(14)19/h3-5,10-11,18-19H,6-9H2,1-2H3,(H,16,20). The van der Waals surface area contributed by atoms with Crippen LogP contribution in [0.25, 0.3) is 0 Å². The molecule has 1 amide bonds. The van der Waals surface area contributed by atoms with E-state index in [0.29, 0.717) is 18.5 Å². The summed E-state index contributed by atoms with van der Waals surface area (Å²) in [6, 6.07) is 4.81. The molecule has 1 saturated heterocycles. The van der Waals surface area contributed by atoms with Crippen molar-refractivity contribution < 1.29 is 15.0 Å². The monoisotopic (exact) mass is 278 g/mol. The first-order valence-corrected chi connectivity index (χ1v) is 7.02. The first kappa shape index (κ1) is 14.7. The third-order valence-corrected chi connectivity index (χ3v) is 3.85. The van der Waals surface area contributed by atoms with Crippen molar-refractivity contribution in [1.82, 2.24) is 10.2 Å². The third-order valence-electron chi connectivity index (χ3n) is 3.85. The van der Waals surface area contributed by atoms with Crippen molar-refractivity contribution in [1.29, 1.82) is 0 Å². The van der Waals surface area contributed by atoms with E-state index in [4.69, 9.17) is 0 Å². The highest BCUT2D eigenvalue weighted by atomic mass is 16.3. The largest absolute Gasteiger partial charge is 0.507 e. The maximum Gasteiger partial charge on any atom is 0.258 e. The molecule has 1 heterocycles. The third kappa shape index (κ3) is 3.22. The van der Waals surface area contributed by atoms with Crippen LogP contribution in [0.15, 0.2) is 18.2 Å². The maximum atomic E-state index is 12.0. The van der Waals surface area contributed by atoms with Crippen LogP contribution in [0.1, 0.15) is 30.6 Å². The highest BCUT2D eigenvalue weighted by molar-refractivity contribution is 5.99. The smallest absolute Gasteiger partial charge is 0.258 e. The fourth-order valence-electron chi connectivity index (χ4n) is 2.58. The Balaban J connectivity index is 1.90. The second-order valence-electron chi connectivity index (χ2n) is 5.62. The molecule has 0 aliphatic carbocycles. The van der Waals surface area contributed by atoms with Crippen molar-refractivity contribution in [2.45, 2.75) is 26.3 Å². The number of benzene rings is 1. The quantitative estimate of drug-likeness (QED) is 0.781. The summed E-state index contributed by atoms with van der Waals surface area (Å²) in [5, 5.41) is 22.1. The summed E-state index contributed by atoms with van der Waals surface area (Å²) in [5.41, 5.74) is -0.0498. The Kier molecular flexibility index (Phi) is 4.49. The number of hydrogen-bond acceptors (Lipinski definition) is 4. The number of amides is 1. The minimum absolute atomic E-state index is 0.0498. The molecule has 1 unspecified atom stereocenters. The van der Waals surface area contributed by atoms with Gasteiger partial charge in [0.15, 0.2) is 0 Å². The molecule has 110 valence electrons. The average molecular weight is 278 g/mol. The number of hydrogen-bond donors (Lipinski definition) is 3. The van der Waals surface area contributed by atoms with E-state index >= 15 is 0 Å². The van der Waals surface area contributed by atoms with Gasteiger partial charge in [0.25, 0.3) is 5.91 Å². The van der Waals surface area contributed by atoms with Gasteiger partial charge in [0.05, 0.1) is 0 Å². The zero-order chi connectivity index (χ0) is 14.7. The number of likely N-dealkylation sites (tertiary alicyclic amines) is 1. The Labute approximate surface area is 119 Å². The van der Waals surface area contributed by atoms with Crippen LogP contribution in [-0.2, 0) is 0 Å². The molecule has 1 aliphatic heterocycles. The lowest BCUT2D eigenvalue weighted by Gasteiger charge is -2.20. The van der Waals surface area contributed by atoms with Crippen LogP contribution < -0.4 is 5.32 Å². The number of nitrogens with zero attached hydrogens (tertiary/aromatic N) is 1. The fourth-order valence-corrected chi connectivity index (χ4v) is 2.58. The fraction of sp³-hybridized carbons (Fsp3) is 0.533. The summed E-state index contributed by atoms with van der Waals surface area (Å²) in [7, 11) is 0. The van der Waals surface area contributed by atoms with Crippen molar-refractivity contribution in [3.05, 3.63) is 23.8 Å². The second-order valence-corrected chi connectivity index (χ2v) is 5.62. The topological polar surface area (TPSA) is 72.8 Å².